The van der Waals surface area contributed by atoms with Crippen LogP contribution in [0.5, 0.6) is 0 Å². The van der Waals surface area contributed by atoms with E-state index in [1.54, 1.807) is 18.7 Å². The second-order valence-electron chi connectivity index (χ2n) is 5.32. The third kappa shape index (κ3) is 2.36. The third-order valence-electron chi connectivity index (χ3n) is 3.97. The molecule has 4 aromatic rings. The first-order chi connectivity index (χ1) is 11.3. The minimum Gasteiger partial charge on any atom is -0.461 e. The number of nitrogens with zero attached hydrogens (tertiary/aromatic N) is 4. The van der Waals surface area contributed by atoms with Crippen molar-refractivity contribution in [2.75, 3.05) is 0 Å². The lowest BCUT2D eigenvalue weighted by Crippen LogP contribution is -2.11. The molecule has 3 aromatic heterocycles. The molecule has 3 heterocycles. The zero-order chi connectivity index (χ0) is 15.6. The number of hydrogen-bond donors (Lipinski definition) is 0. The summed E-state index contributed by atoms with van der Waals surface area (Å²) < 4.78 is 9.50. The summed E-state index contributed by atoms with van der Waals surface area (Å²) >= 11 is 0. The van der Waals surface area contributed by atoms with E-state index < -0.39 is 0 Å². The Kier molecular flexibility index (Phi) is 3.31. The van der Waals surface area contributed by atoms with Gasteiger partial charge < -0.3 is 8.98 Å². The third-order valence-corrected chi connectivity index (χ3v) is 3.97. The Bertz CT molecular complexity index is 891. The standard InChI is InChI=1S/C18H16N4O/c1-14(21-12-10-19-18(21)17-8-4-13-23-17)15-6-2-3-7-16(15)22-11-5-9-20-22/h2-14H,1H3/t14-/m1/s1. The molecule has 114 valence electrons. The number of para-hydroxylation sites is 1. The van der Waals surface area contributed by atoms with Crippen molar-refractivity contribution >= 4 is 0 Å². The predicted molar refractivity (Wildman–Crippen MR) is 87.3 cm³/mol. The summed E-state index contributed by atoms with van der Waals surface area (Å²) in [7, 11) is 0. The maximum atomic E-state index is 5.51. The Hall–Kier alpha value is -3.08. The van der Waals surface area contributed by atoms with Crippen LogP contribution in [0.15, 0.2) is 77.9 Å². The van der Waals surface area contributed by atoms with E-state index >= 15 is 0 Å². The van der Waals surface area contributed by atoms with Crippen LogP contribution < -0.4 is 0 Å². The molecule has 0 aliphatic carbocycles. The lowest BCUT2D eigenvalue weighted by Gasteiger charge is -2.19. The Morgan fingerprint density at radius 2 is 1.91 bits per heavy atom. The van der Waals surface area contributed by atoms with Crippen LogP contribution in [0, 0.1) is 0 Å². The van der Waals surface area contributed by atoms with E-state index in [1.807, 2.05) is 47.4 Å². The second-order valence-corrected chi connectivity index (χ2v) is 5.32. The summed E-state index contributed by atoms with van der Waals surface area (Å²) in [5.74, 6) is 1.58. The van der Waals surface area contributed by atoms with Gasteiger partial charge in [-0.25, -0.2) is 9.67 Å². The monoisotopic (exact) mass is 304 g/mol. The number of hydrogen-bond acceptors (Lipinski definition) is 3. The molecular formula is C18H16N4O. The van der Waals surface area contributed by atoms with Crippen LogP contribution in [0.25, 0.3) is 17.3 Å². The summed E-state index contributed by atoms with van der Waals surface area (Å²) in [5.41, 5.74) is 2.23. The van der Waals surface area contributed by atoms with Gasteiger partial charge in [-0.2, -0.15) is 5.10 Å². The van der Waals surface area contributed by atoms with Crippen LogP contribution in [-0.4, -0.2) is 19.3 Å². The van der Waals surface area contributed by atoms with Crippen molar-refractivity contribution in [3.63, 3.8) is 0 Å². The summed E-state index contributed by atoms with van der Waals surface area (Å²) in [4.78, 5) is 4.44. The molecule has 0 N–H and O–H groups in total. The highest BCUT2D eigenvalue weighted by atomic mass is 16.3. The van der Waals surface area contributed by atoms with E-state index in [0.29, 0.717) is 0 Å². The zero-order valence-electron chi connectivity index (χ0n) is 12.7. The van der Waals surface area contributed by atoms with E-state index in [9.17, 15) is 0 Å². The molecule has 1 aromatic carbocycles. The van der Waals surface area contributed by atoms with Gasteiger partial charge in [-0.05, 0) is 31.2 Å². The van der Waals surface area contributed by atoms with Crippen LogP contribution in [0.2, 0.25) is 0 Å². The van der Waals surface area contributed by atoms with Crippen LogP contribution in [0.4, 0.5) is 0 Å². The first-order valence-electron chi connectivity index (χ1n) is 7.50. The van der Waals surface area contributed by atoms with Crippen molar-refractivity contribution in [1.29, 1.82) is 0 Å². The Morgan fingerprint density at radius 1 is 1.00 bits per heavy atom. The molecule has 0 aliphatic heterocycles. The smallest absolute Gasteiger partial charge is 0.176 e. The maximum absolute atomic E-state index is 5.51. The minimum absolute atomic E-state index is 0.0954. The van der Waals surface area contributed by atoms with Crippen LogP contribution in [0.3, 0.4) is 0 Å². The minimum atomic E-state index is 0.0954. The number of rotatable bonds is 4. The number of aromatic nitrogens is 4. The molecule has 0 fully saturated rings. The lowest BCUT2D eigenvalue weighted by molar-refractivity contribution is 0.560. The van der Waals surface area contributed by atoms with Crippen molar-refractivity contribution < 1.29 is 4.42 Å². The molecule has 0 spiro atoms. The molecule has 5 heteroatoms. The van der Waals surface area contributed by atoms with E-state index in [0.717, 1.165) is 17.3 Å². The van der Waals surface area contributed by atoms with Gasteiger partial charge in [0.1, 0.15) is 0 Å². The molecule has 0 saturated carbocycles. The zero-order valence-corrected chi connectivity index (χ0v) is 12.7. The molecule has 5 nitrogen and oxygen atoms in total. The molecule has 1 atom stereocenters. The molecule has 23 heavy (non-hydrogen) atoms. The molecule has 0 aliphatic rings. The fraction of sp³-hybridized carbons (Fsp3) is 0.111. The van der Waals surface area contributed by atoms with E-state index in [2.05, 4.69) is 33.7 Å². The topological polar surface area (TPSA) is 48.8 Å². The van der Waals surface area contributed by atoms with Gasteiger partial charge in [0.15, 0.2) is 11.6 Å². The highest BCUT2D eigenvalue weighted by molar-refractivity contribution is 5.49. The van der Waals surface area contributed by atoms with Gasteiger partial charge in [-0.1, -0.05) is 18.2 Å². The lowest BCUT2D eigenvalue weighted by atomic mass is 10.1. The summed E-state index contributed by atoms with van der Waals surface area (Å²) in [5, 5.41) is 4.36. The molecule has 0 radical (unpaired) electrons. The molecular weight excluding hydrogens is 288 g/mol. The molecule has 4 rings (SSSR count). The highest BCUT2D eigenvalue weighted by Crippen LogP contribution is 2.29. The van der Waals surface area contributed by atoms with Gasteiger partial charge in [0.25, 0.3) is 0 Å². The summed E-state index contributed by atoms with van der Waals surface area (Å²) in [6.07, 6.45) is 9.17. The fourth-order valence-corrected chi connectivity index (χ4v) is 2.83. The van der Waals surface area contributed by atoms with E-state index in [1.165, 1.54) is 5.56 Å². The van der Waals surface area contributed by atoms with Gasteiger partial charge in [0, 0.05) is 30.4 Å². The van der Waals surface area contributed by atoms with Gasteiger partial charge in [0.05, 0.1) is 18.0 Å². The van der Waals surface area contributed by atoms with Crippen molar-refractivity contribution in [2.24, 2.45) is 0 Å². The van der Waals surface area contributed by atoms with Crippen LogP contribution >= 0.6 is 0 Å². The van der Waals surface area contributed by atoms with Crippen molar-refractivity contribution in [3.8, 4) is 17.3 Å². The normalized spacial score (nSPS) is 12.4. The Balaban J connectivity index is 1.80. The quantitative estimate of drug-likeness (QED) is 0.574. The molecule has 0 amide bonds. The summed E-state index contributed by atoms with van der Waals surface area (Å²) in [6, 6.07) is 14.1. The van der Waals surface area contributed by atoms with Gasteiger partial charge in [-0.3, -0.25) is 0 Å². The maximum Gasteiger partial charge on any atom is 0.176 e. The van der Waals surface area contributed by atoms with Crippen LogP contribution in [0.1, 0.15) is 18.5 Å². The number of benzene rings is 1. The van der Waals surface area contributed by atoms with Crippen LogP contribution in [-0.2, 0) is 0 Å². The number of furan rings is 1. The first-order valence-corrected chi connectivity index (χ1v) is 7.50. The van der Waals surface area contributed by atoms with Crippen molar-refractivity contribution in [1.82, 2.24) is 19.3 Å². The average Bonchev–Trinajstić information content (AvgIpc) is 3.35. The molecule has 0 unspecified atom stereocenters. The summed E-state index contributed by atoms with van der Waals surface area (Å²) in [6.45, 7) is 2.15. The first kappa shape index (κ1) is 13.6. The van der Waals surface area contributed by atoms with Crippen molar-refractivity contribution in [2.45, 2.75) is 13.0 Å². The Labute approximate surface area is 133 Å². The van der Waals surface area contributed by atoms with E-state index in [4.69, 9.17) is 4.42 Å². The fourth-order valence-electron chi connectivity index (χ4n) is 2.83. The van der Waals surface area contributed by atoms with Gasteiger partial charge in [0.2, 0.25) is 0 Å². The Morgan fingerprint density at radius 3 is 2.70 bits per heavy atom. The number of imidazole rings is 1. The molecule has 0 saturated heterocycles. The average molecular weight is 304 g/mol. The SMILES string of the molecule is C[C@H](c1ccccc1-n1cccn1)n1ccnc1-c1ccco1. The van der Waals surface area contributed by atoms with E-state index in [-0.39, 0.29) is 6.04 Å². The van der Waals surface area contributed by atoms with Gasteiger partial charge in [-0.15, -0.1) is 0 Å². The predicted octanol–water partition coefficient (Wildman–Crippen LogP) is 3.94. The highest BCUT2D eigenvalue weighted by Gasteiger charge is 2.18. The largest absolute Gasteiger partial charge is 0.461 e. The van der Waals surface area contributed by atoms with Gasteiger partial charge >= 0.3 is 0 Å². The molecule has 0 bridgehead atoms. The van der Waals surface area contributed by atoms with Crippen molar-refractivity contribution in [3.05, 3.63) is 79.1 Å². The second kappa shape index (κ2) is 5.61.